The van der Waals surface area contributed by atoms with E-state index in [1.165, 1.54) is 14.0 Å². The molecule has 0 heterocycles. The topological polar surface area (TPSA) is 116 Å². The monoisotopic (exact) mass is 286 g/mol. The quantitative estimate of drug-likeness (QED) is 0.431. The zero-order valence-electron chi connectivity index (χ0n) is 11.8. The molecular formula is C13H22N2O5. The van der Waals surface area contributed by atoms with Gasteiger partial charge >= 0.3 is 5.97 Å². The number of aliphatic hydroxyl groups is 1. The number of aliphatic hydroxyl groups excluding tert-OH is 1. The lowest BCUT2D eigenvalue weighted by molar-refractivity contribution is -0.139. The smallest absolute Gasteiger partial charge is 0.320 e. The minimum absolute atomic E-state index is 0.00164. The summed E-state index contributed by atoms with van der Waals surface area (Å²) in [6.45, 7) is 4.66. The van der Waals surface area contributed by atoms with Crippen LogP contribution in [-0.2, 0) is 14.4 Å². The number of carbonyl (C=O) groups is 3. The van der Waals surface area contributed by atoms with Gasteiger partial charge in [-0.15, -0.1) is 0 Å². The van der Waals surface area contributed by atoms with Crippen molar-refractivity contribution in [3.63, 3.8) is 0 Å². The van der Waals surface area contributed by atoms with E-state index in [2.05, 4.69) is 17.2 Å². The molecule has 0 saturated carbocycles. The predicted octanol–water partition coefficient (Wildman–Crippen LogP) is 0.365. The maximum absolute atomic E-state index is 11.7. The number of carboxylic acid groups (broad SMARTS) is 1. The number of rotatable bonds is 10. The second-order valence-corrected chi connectivity index (χ2v) is 4.55. The van der Waals surface area contributed by atoms with E-state index in [4.69, 9.17) is 10.2 Å². The molecule has 0 saturated heterocycles. The van der Waals surface area contributed by atoms with Crippen molar-refractivity contribution in [2.24, 2.45) is 0 Å². The van der Waals surface area contributed by atoms with E-state index < -0.39 is 24.0 Å². The highest BCUT2D eigenvalue weighted by atomic mass is 16.4. The number of ketones is 1. The SMILES string of the molecule is C=C(O)CC[C@H](NC(=O)CC[C@H](NC)C(=O)O)C(C)=O. The average Bonchev–Trinajstić information content (AvgIpc) is 2.34. The number of hydrogen-bond acceptors (Lipinski definition) is 5. The summed E-state index contributed by atoms with van der Waals surface area (Å²) in [5, 5.41) is 22.9. The van der Waals surface area contributed by atoms with E-state index in [1.807, 2.05) is 0 Å². The van der Waals surface area contributed by atoms with Crippen LogP contribution in [0.5, 0.6) is 0 Å². The Balaban J connectivity index is 4.29. The first-order valence-corrected chi connectivity index (χ1v) is 6.34. The summed E-state index contributed by atoms with van der Waals surface area (Å²) in [4.78, 5) is 33.8. The van der Waals surface area contributed by atoms with Crippen molar-refractivity contribution in [2.45, 2.75) is 44.7 Å². The highest BCUT2D eigenvalue weighted by Gasteiger charge is 2.20. The van der Waals surface area contributed by atoms with E-state index in [0.717, 1.165) is 0 Å². The van der Waals surface area contributed by atoms with Gasteiger partial charge in [-0.1, -0.05) is 6.58 Å². The van der Waals surface area contributed by atoms with E-state index in [1.54, 1.807) is 0 Å². The van der Waals surface area contributed by atoms with Gasteiger partial charge in [-0.2, -0.15) is 0 Å². The van der Waals surface area contributed by atoms with Gasteiger partial charge in [-0.25, -0.2) is 0 Å². The van der Waals surface area contributed by atoms with E-state index >= 15 is 0 Å². The zero-order chi connectivity index (χ0) is 15.7. The molecule has 7 heteroatoms. The first-order valence-electron chi connectivity index (χ1n) is 6.34. The number of likely N-dealkylation sites (N-methyl/N-ethyl adjacent to an activating group) is 1. The van der Waals surface area contributed by atoms with Crippen LogP contribution in [0.25, 0.3) is 0 Å². The zero-order valence-corrected chi connectivity index (χ0v) is 11.8. The van der Waals surface area contributed by atoms with Gasteiger partial charge in [0, 0.05) is 12.8 Å². The van der Waals surface area contributed by atoms with E-state index in [-0.39, 0.29) is 37.2 Å². The van der Waals surface area contributed by atoms with Gasteiger partial charge in [-0.3, -0.25) is 14.4 Å². The number of carbonyl (C=O) groups excluding carboxylic acids is 2. The summed E-state index contributed by atoms with van der Waals surface area (Å²) < 4.78 is 0. The van der Waals surface area contributed by atoms with Gasteiger partial charge in [0.2, 0.25) is 5.91 Å². The molecule has 0 bridgehead atoms. The third-order valence-electron chi connectivity index (χ3n) is 2.85. The number of allylic oxidation sites excluding steroid dienone is 1. The van der Waals surface area contributed by atoms with Crippen LogP contribution >= 0.6 is 0 Å². The number of aliphatic carboxylic acids is 1. The molecule has 2 atom stereocenters. The molecule has 0 unspecified atom stereocenters. The molecule has 0 spiro atoms. The first-order chi connectivity index (χ1) is 9.27. The third-order valence-corrected chi connectivity index (χ3v) is 2.85. The minimum atomic E-state index is -1.03. The van der Waals surface area contributed by atoms with Crippen molar-refractivity contribution in [2.75, 3.05) is 7.05 Å². The number of amides is 1. The van der Waals surface area contributed by atoms with Crippen LogP contribution in [0.2, 0.25) is 0 Å². The van der Waals surface area contributed by atoms with Crippen LogP contribution in [-0.4, -0.2) is 47.0 Å². The molecule has 0 rings (SSSR count). The Morgan fingerprint density at radius 2 is 1.65 bits per heavy atom. The molecule has 1 amide bonds. The van der Waals surface area contributed by atoms with Gasteiger partial charge in [0.15, 0.2) is 5.78 Å². The molecule has 114 valence electrons. The molecule has 0 aromatic heterocycles. The van der Waals surface area contributed by atoms with Crippen molar-refractivity contribution < 1.29 is 24.6 Å². The molecule has 0 aliphatic heterocycles. The Morgan fingerprint density at radius 1 is 1.10 bits per heavy atom. The lowest BCUT2D eigenvalue weighted by Crippen LogP contribution is -2.41. The fourth-order valence-electron chi connectivity index (χ4n) is 1.62. The molecule has 20 heavy (non-hydrogen) atoms. The second-order valence-electron chi connectivity index (χ2n) is 4.55. The molecular weight excluding hydrogens is 264 g/mol. The predicted molar refractivity (Wildman–Crippen MR) is 73.3 cm³/mol. The van der Waals surface area contributed by atoms with E-state index in [9.17, 15) is 14.4 Å². The van der Waals surface area contributed by atoms with Crippen LogP contribution < -0.4 is 10.6 Å². The van der Waals surface area contributed by atoms with Crippen molar-refractivity contribution in [1.82, 2.24) is 10.6 Å². The fraction of sp³-hybridized carbons (Fsp3) is 0.615. The molecule has 0 aromatic rings. The van der Waals surface area contributed by atoms with Crippen molar-refractivity contribution in [3.05, 3.63) is 12.3 Å². The highest BCUT2D eigenvalue weighted by molar-refractivity contribution is 5.87. The molecule has 0 aromatic carbocycles. The van der Waals surface area contributed by atoms with Gasteiger partial charge in [-0.05, 0) is 26.8 Å². The van der Waals surface area contributed by atoms with Gasteiger partial charge in [0.05, 0.1) is 11.8 Å². The molecule has 0 aliphatic carbocycles. The standard InChI is InChI=1S/C13H22N2O5/c1-8(16)4-5-10(9(2)17)15-12(18)7-6-11(14-3)13(19)20/h10-11,14,16H,1,4-7H2,2-3H3,(H,15,18)(H,19,20)/t10-,11-/m0/s1. The van der Waals surface area contributed by atoms with E-state index in [0.29, 0.717) is 0 Å². The van der Waals surface area contributed by atoms with Crippen LogP contribution in [0.3, 0.4) is 0 Å². The van der Waals surface area contributed by atoms with Gasteiger partial charge in [0.25, 0.3) is 0 Å². The number of nitrogens with one attached hydrogen (secondary N) is 2. The number of Topliss-reactive ketones (excluding diaryl/α,β-unsaturated/α-hetero) is 1. The first kappa shape index (κ1) is 18.1. The van der Waals surface area contributed by atoms with Crippen molar-refractivity contribution >= 4 is 17.7 Å². The van der Waals surface area contributed by atoms with Crippen LogP contribution in [0, 0.1) is 0 Å². The Morgan fingerprint density at radius 3 is 2.05 bits per heavy atom. The minimum Gasteiger partial charge on any atom is -0.513 e. The Kier molecular flexibility index (Phi) is 8.23. The summed E-state index contributed by atoms with van der Waals surface area (Å²) >= 11 is 0. The molecule has 7 nitrogen and oxygen atoms in total. The third kappa shape index (κ3) is 7.52. The normalized spacial score (nSPS) is 13.3. The fourth-order valence-corrected chi connectivity index (χ4v) is 1.62. The average molecular weight is 286 g/mol. The maximum Gasteiger partial charge on any atom is 0.320 e. The number of carboxylic acids is 1. The second kappa shape index (κ2) is 9.08. The summed E-state index contributed by atoms with van der Waals surface area (Å²) in [6.07, 6.45) is 0.625. The van der Waals surface area contributed by atoms with Gasteiger partial charge in [0.1, 0.15) is 6.04 Å². The summed E-state index contributed by atoms with van der Waals surface area (Å²) in [5.41, 5.74) is 0. The molecule has 0 radical (unpaired) electrons. The Labute approximate surface area is 118 Å². The largest absolute Gasteiger partial charge is 0.513 e. The summed E-state index contributed by atoms with van der Waals surface area (Å²) in [5.74, 6) is -1.69. The van der Waals surface area contributed by atoms with Crippen LogP contribution in [0.1, 0.15) is 32.6 Å². The summed E-state index contributed by atoms with van der Waals surface area (Å²) in [6, 6.07) is -1.49. The molecule has 4 N–H and O–H groups in total. The highest BCUT2D eigenvalue weighted by Crippen LogP contribution is 2.05. The lowest BCUT2D eigenvalue weighted by atomic mass is 10.1. The van der Waals surface area contributed by atoms with Gasteiger partial charge < -0.3 is 20.8 Å². The molecule has 0 fully saturated rings. The van der Waals surface area contributed by atoms with Crippen molar-refractivity contribution in [1.29, 1.82) is 0 Å². The Bertz CT molecular complexity index is 381. The van der Waals surface area contributed by atoms with Crippen LogP contribution in [0.4, 0.5) is 0 Å². The lowest BCUT2D eigenvalue weighted by Gasteiger charge is -2.16. The van der Waals surface area contributed by atoms with Crippen molar-refractivity contribution in [3.8, 4) is 0 Å². The maximum atomic E-state index is 11.7. The molecule has 0 aliphatic rings. The summed E-state index contributed by atoms with van der Waals surface area (Å²) in [7, 11) is 1.50. The number of hydrogen-bond donors (Lipinski definition) is 4. The Hall–Kier alpha value is -1.89. The van der Waals surface area contributed by atoms with Crippen LogP contribution in [0.15, 0.2) is 12.3 Å².